The Kier molecular flexibility index (Phi) is 4.98. The van der Waals surface area contributed by atoms with E-state index in [0.29, 0.717) is 6.54 Å². The third kappa shape index (κ3) is 5.46. The molecule has 3 N–H and O–H groups in total. The molecule has 0 aromatic carbocycles. The zero-order valence-corrected chi connectivity index (χ0v) is 9.89. The van der Waals surface area contributed by atoms with Gasteiger partial charge in [-0.1, -0.05) is 0 Å². The molecule has 1 saturated carbocycles. The van der Waals surface area contributed by atoms with E-state index in [2.05, 4.69) is 10.0 Å². The molecule has 0 bridgehead atoms. The smallest absolute Gasteiger partial charge is 0.208 e. The van der Waals surface area contributed by atoms with Gasteiger partial charge in [-0.3, -0.25) is 0 Å². The molecular formula is C9H20N2O3S. The maximum absolute atomic E-state index is 10.7. The van der Waals surface area contributed by atoms with Gasteiger partial charge in [0.05, 0.1) is 12.4 Å². The molecule has 1 aliphatic carbocycles. The molecule has 5 nitrogen and oxygen atoms in total. The van der Waals surface area contributed by atoms with Crippen molar-refractivity contribution in [3.05, 3.63) is 0 Å². The number of hydrogen-bond donors (Lipinski definition) is 3. The molecule has 1 aliphatic rings. The Hall–Kier alpha value is -0.170. The van der Waals surface area contributed by atoms with Crippen LogP contribution in [0.3, 0.4) is 0 Å². The summed E-state index contributed by atoms with van der Waals surface area (Å²) in [6.07, 6.45) is 4.63. The average molecular weight is 236 g/mol. The molecule has 0 saturated heterocycles. The van der Waals surface area contributed by atoms with E-state index in [0.717, 1.165) is 38.5 Å². The van der Waals surface area contributed by atoms with Gasteiger partial charge < -0.3 is 10.4 Å². The summed E-state index contributed by atoms with van der Waals surface area (Å²) in [5, 5.41) is 12.7. The lowest BCUT2D eigenvalue weighted by atomic mass is 10.2. The van der Waals surface area contributed by atoms with E-state index in [4.69, 9.17) is 0 Å². The summed E-state index contributed by atoms with van der Waals surface area (Å²) in [6.45, 7) is 1.19. The molecule has 1 rings (SSSR count). The summed E-state index contributed by atoms with van der Waals surface area (Å²) in [5.41, 5.74) is 0. The maximum atomic E-state index is 10.7. The number of nitrogens with one attached hydrogen (secondary N) is 2. The summed E-state index contributed by atoms with van der Waals surface area (Å²) >= 11 is 0. The normalized spacial score (nSPS) is 27.1. The van der Waals surface area contributed by atoms with Gasteiger partial charge in [0.25, 0.3) is 0 Å². The van der Waals surface area contributed by atoms with Gasteiger partial charge in [0, 0.05) is 12.6 Å². The van der Waals surface area contributed by atoms with Crippen LogP contribution in [0.25, 0.3) is 0 Å². The minimum atomic E-state index is -3.06. The van der Waals surface area contributed by atoms with Crippen molar-refractivity contribution >= 4 is 10.0 Å². The second kappa shape index (κ2) is 5.79. The lowest BCUT2D eigenvalue weighted by molar-refractivity contribution is 0.149. The first-order valence-corrected chi connectivity index (χ1v) is 7.24. The van der Waals surface area contributed by atoms with Gasteiger partial charge in [0.2, 0.25) is 10.0 Å². The first kappa shape index (κ1) is 12.9. The number of sulfonamides is 1. The average Bonchev–Trinajstić information content (AvgIpc) is 2.49. The molecule has 0 radical (unpaired) electrons. The lowest BCUT2D eigenvalue weighted by Crippen LogP contribution is -2.37. The number of aliphatic hydroxyl groups excluding tert-OH is 1. The first-order valence-electron chi connectivity index (χ1n) is 5.35. The van der Waals surface area contributed by atoms with Gasteiger partial charge >= 0.3 is 0 Å². The molecule has 0 spiro atoms. The predicted octanol–water partition coefficient (Wildman–Crippen LogP) is -0.571. The van der Waals surface area contributed by atoms with E-state index in [9.17, 15) is 13.5 Å². The lowest BCUT2D eigenvalue weighted by Gasteiger charge is -2.16. The monoisotopic (exact) mass is 236 g/mol. The zero-order chi connectivity index (χ0) is 11.3. The maximum Gasteiger partial charge on any atom is 0.208 e. The first-order chi connectivity index (χ1) is 6.99. The third-order valence-corrected chi connectivity index (χ3v) is 3.33. The molecule has 6 heteroatoms. The summed E-state index contributed by atoms with van der Waals surface area (Å²) in [4.78, 5) is 0. The van der Waals surface area contributed by atoms with E-state index in [1.807, 2.05) is 0 Å². The molecule has 0 aromatic rings. The molecule has 0 aliphatic heterocycles. The van der Waals surface area contributed by atoms with Crippen molar-refractivity contribution in [3.8, 4) is 0 Å². The van der Waals surface area contributed by atoms with Gasteiger partial charge in [-0.25, -0.2) is 13.1 Å². The van der Waals surface area contributed by atoms with Crippen LogP contribution in [0.4, 0.5) is 0 Å². The number of rotatable bonds is 6. The topological polar surface area (TPSA) is 78.4 Å². The Morgan fingerprint density at radius 3 is 2.60 bits per heavy atom. The van der Waals surface area contributed by atoms with E-state index in [1.165, 1.54) is 0 Å². The van der Waals surface area contributed by atoms with E-state index in [1.54, 1.807) is 0 Å². The van der Waals surface area contributed by atoms with Crippen LogP contribution in [0.5, 0.6) is 0 Å². The van der Waals surface area contributed by atoms with Gasteiger partial charge in [0.1, 0.15) is 0 Å². The molecule has 15 heavy (non-hydrogen) atoms. The summed E-state index contributed by atoms with van der Waals surface area (Å²) in [5.74, 6) is 0. The molecule has 1 fully saturated rings. The molecule has 0 amide bonds. The largest absolute Gasteiger partial charge is 0.392 e. The molecule has 0 heterocycles. The molecular weight excluding hydrogens is 216 g/mol. The standard InChI is InChI=1S/C9H20N2O3S/c1-15(13,14)11-7-3-6-10-8-4-2-5-9(8)12/h8-12H,2-7H2,1H3/t8-,9-/m0/s1. The zero-order valence-electron chi connectivity index (χ0n) is 9.07. The van der Waals surface area contributed by atoms with Crippen molar-refractivity contribution in [1.29, 1.82) is 0 Å². The quantitative estimate of drug-likeness (QED) is 0.540. The van der Waals surface area contributed by atoms with Crippen molar-refractivity contribution in [1.82, 2.24) is 10.0 Å². The van der Waals surface area contributed by atoms with Gasteiger partial charge in [0.15, 0.2) is 0 Å². The fourth-order valence-electron chi connectivity index (χ4n) is 1.81. The Morgan fingerprint density at radius 2 is 2.07 bits per heavy atom. The van der Waals surface area contributed by atoms with Crippen LogP contribution >= 0.6 is 0 Å². The second-order valence-electron chi connectivity index (χ2n) is 4.08. The summed E-state index contributed by atoms with van der Waals surface area (Å²) < 4.78 is 23.9. The Balaban J connectivity index is 2.02. The second-order valence-corrected chi connectivity index (χ2v) is 5.91. The van der Waals surface area contributed by atoms with Gasteiger partial charge in [-0.2, -0.15) is 0 Å². The van der Waals surface area contributed by atoms with Crippen molar-refractivity contribution in [2.24, 2.45) is 0 Å². The minimum absolute atomic E-state index is 0.197. The number of hydrogen-bond acceptors (Lipinski definition) is 4. The number of aliphatic hydroxyl groups is 1. The molecule has 0 aromatic heterocycles. The van der Waals surface area contributed by atoms with E-state index in [-0.39, 0.29) is 12.1 Å². The van der Waals surface area contributed by atoms with Crippen LogP contribution in [0.1, 0.15) is 25.7 Å². The van der Waals surface area contributed by atoms with Gasteiger partial charge in [-0.05, 0) is 32.2 Å². The predicted molar refractivity (Wildman–Crippen MR) is 59.1 cm³/mol. The van der Waals surface area contributed by atoms with Crippen LogP contribution in [0, 0.1) is 0 Å². The SMILES string of the molecule is CS(=O)(=O)NCCCN[C@H]1CCC[C@@H]1O. The van der Waals surface area contributed by atoms with Crippen LogP contribution < -0.4 is 10.0 Å². The van der Waals surface area contributed by atoms with Crippen LogP contribution in [0.15, 0.2) is 0 Å². The van der Waals surface area contributed by atoms with Crippen molar-refractivity contribution < 1.29 is 13.5 Å². The fourth-order valence-corrected chi connectivity index (χ4v) is 2.33. The van der Waals surface area contributed by atoms with E-state index >= 15 is 0 Å². The van der Waals surface area contributed by atoms with Gasteiger partial charge in [-0.15, -0.1) is 0 Å². The Morgan fingerprint density at radius 1 is 1.33 bits per heavy atom. The van der Waals surface area contributed by atoms with Crippen molar-refractivity contribution in [3.63, 3.8) is 0 Å². The van der Waals surface area contributed by atoms with Crippen molar-refractivity contribution in [2.75, 3.05) is 19.3 Å². The fraction of sp³-hybridized carbons (Fsp3) is 1.00. The molecule has 90 valence electrons. The van der Waals surface area contributed by atoms with Crippen LogP contribution in [0.2, 0.25) is 0 Å². The third-order valence-electron chi connectivity index (χ3n) is 2.60. The van der Waals surface area contributed by atoms with Crippen LogP contribution in [-0.4, -0.2) is 45.0 Å². The Labute approximate surface area is 91.3 Å². The summed E-state index contributed by atoms with van der Waals surface area (Å²) in [7, 11) is -3.06. The highest BCUT2D eigenvalue weighted by molar-refractivity contribution is 7.88. The highest BCUT2D eigenvalue weighted by Crippen LogP contribution is 2.18. The van der Waals surface area contributed by atoms with Crippen LogP contribution in [-0.2, 0) is 10.0 Å². The molecule has 2 atom stereocenters. The Bertz CT molecular complexity index is 279. The highest BCUT2D eigenvalue weighted by Gasteiger charge is 2.23. The minimum Gasteiger partial charge on any atom is -0.392 e. The van der Waals surface area contributed by atoms with E-state index < -0.39 is 10.0 Å². The highest BCUT2D eigenvalue weighted by atomic mass is 32.2. The summed E-state index contributed by atoms with van der Waals surface area (Å²) in [6, 6.07) is 0.197. The van der Waals surface area contributed by atoms with Crippen molar-refractivity contribution in [2.45, 2.75) is 37.8 Å². The molecule has 0 unspecified atom stereocenters.